The summed E-state index contributed by atoms with van der Waals surface area (Å²) in [6, 6.07) is 20.0. The molecule has 150 valence electrons. The lowest BCUT2D eigenvalue weighted by molar-refractivity contribution is -0.114. The Balaban J connectivity index is 1.93. The van der Waals surface area contributed by atoms with Crippen molar-refractivity contribution in [3.63, 3.8) is 0 Å². The summed E-state index contributed by atoms with van der Waals surface area (Å²) < 4.78 is 28.3. The second-order valence-electron chi connectivity index (χ2n) is 6.34. The Hall–Kier alpha value is -2.35. The highest BCUT2D eigenvalue weighted by molar-refractivity contribution is 9.10. The minimum absolute atomic E-state index is 0.112. The smallest absolute Gasteiger partial charge is 0.264 e. The molecular formula is C21H18BrClN2O3S. The number of benzene rings is 3. The van der Waals surface area contributed by atoms with E-state index in [4.69, 9.17) is 11.6 Å². The van der Waals surface area contributed by atoms with E-state index in [9.17, 15) is 13.2 Å². The molecule has 3 aromatic carbocycles. The molecule has 0 radical (unpaired) electrons. The Labute approximate surface area is 183 Å². The van der Waals surface area contributed by atoms with Crippen LogP contribution in [0.4, 0.5) is 11.4 Å². The molecule has 0 aliphatic heterocycles. The summed E-state index contributed by atoms with van der Waals surface area (Å²) in [7, 11) is -3.93. The third kappa shape index (κ3) is 5.18. The van der Waals surface area contributed by atoms with Gasteiger partial charge in [-0.1, -0.05) is 41.9 Å². The lowest BCUT2D eigenvalue weighted by Crippen LogP contribution is -2.38. The minimum Gasteiger partial charge on any atom is -0.324 e. The van der Waals surface area contributed by atoms with Crippen molar-refractivity contribution >= 4 is 54.8 Å². The molecule has 0 aliphatic carbocycles. The third-order valence-corrected chi connectivity index (χ3v) is 7.13. The molecule has 0 fully saturated rings. The molecule has 0 saturated heterocycles. The summed E-state index contributed by atoms with van der Waals surface area (Å²) in [4.78, 5) is 12.8. The molecule has 0 aliphatic rings. The van der Waals surface area contributed by atoms with Gasteiger partial charge in [0.1, 0.15) is 6.54 Å². The van der Waals surface area contributed by atoms with Gasteiger partial charge in [0.05, 0.1) is 15.6 Å². The molecule has 0 atom stereocenters. The van der Waals surface area contributed by atoms with Crippen LogP contribution in [0, 0.1) is 6.92 Å². The second-order valence-corrected chi connectivity index (χ2v) is 9.46. The predicted molar refractivity (Wildman–Crippen MR) is 120 cm³/mol. The van der Waals surface area contributed by atoms with Gasteiger partial charge in [0.15, 0.2) is 0 Å². The zero-order chi connectivity index (χ0) is 21.0. The van der Waals surface area contributed by atoms with E-state index < -0.39 is 15.9 Å². The fourth-order valence-electron chi connectivity index (χ4n) is 2.72. The number of nitrogens with one attached hydrogen (secondary N) is 1. The molecular weight excluding hydrogens is 476 g/mol. The number of carbonyl (C=O) groups is 1. The molecule has 1 amide bonds. The average Bonchev–Trinajstić information content (AvgIpc) is 2.69. The quantitative estimate of drug-likeness (QED) is 0.510. The Morgan fingerprint density at radius 1 is 1.03 bits per heavy atom. The fraction of sp³-hybridized carbons (Fsp3) is 0.0952. The molecule has 8 heteroatoms. The molecule has 3 aromatic rings. The second kappa shape index (κ2) is 8.98. The van der Waals surface area contributed by atoms with Crippen molar-refractivity contribution in [2.75, 3.05) is 16.2 Å². The van der Waals surface area contributed by atoms with Crippen molar-refractivity contribution in [2.45, 2.75) is 11.8 Å². The third-order valence-electron chi connectivity index (χ3n) is 4.11. The summed E-state index contributed by atoms with van der Waals surface area (Å²) in [5.74, 6) is -0.482. The van der Waals surface area contributed by atoms with E-state index in [1.54, 1.807) is 54.6 Å². The van der Waals surface area contributed by atoms with Crippen molar-refractivity contribution in [3.8, 4) is 0 Å². The highest BCUT2D eigenvalue weighted by Gasteiger charge is 2.27. The van der Waals surface area contributed by atoms with Gasteiger partial charge in [0.25, 0.3) is 10.0 Å². The SMILES string of the molecule is Cc1cccc(N(CC(=O)Nc2ccc(Br)c(Cl)c2)S(=O)(=O)c2ccccc2)c1. The predicted octanol–water partition coefficient (Wildman–Crippen LogP) is 5.24. The fourth-order valence-corrected chi connectivity index (χ4v) is 4.58. The molecule has 0 saturated carbocycles. The molecule has 0 heterocycles. The molecule has 1 N–H and O–H groups in total. The van der Waals surface area contributed by atoms with Crippen molar-refractivity contribution in [1.82, 2.24) is 0 Å². The van der Waals surface area contributed by atoms with Crippen LogP contribution in [0.25, 0.3) is 0 Å². The van der Waals surface area contributed by atoms with Crippen LogP contribution in [0.1, 0.15) is 5.56 Å². The van der Waals surface area contributed by atoms with Gasteiger partial charge in [-0.25, -0.2) is 8.42 Å². The van der Waals surface area contributed by atoms with Crippen molar-refractivity contribution in [3.05, 3.63) is 87.9 Å². The number of carbonyl (C=O) groups excluding carboxylic acids is 1. The van der Waals surface area contributed by atoms with Crippen molar-refractivity contribution in [2.24, 2.45) is 0 Å². The van der Waals surface area contributed by atoms with Gasteiger partial charge in [0, 0.05) is 10.2 Å². The highest BCUT2D eigenvalue weighted by Crippen LogP contribution is 2.27. The van der Waals surface area contributed by atoms with Gasteiger partial charge in [0.2, 0.25) is 5.91 Å². The Bertz CT molecular complexity index is 1140. The van der Waals surface area contributed by atoms with E-state index in [2.05, 4.69) is 21.2 Å². The Morgan fingerprint density at radius 3 is 2.41 bits per heavy atom. The van der Waals surface area contributed by atoms with Crippen LogP contribution in [0.15, 0.2) is 82.2 Å². The van der Waals surface area contributed by atoms with Crippen molar-refractivity contribution in [1.29, 1.82) is 0 Å². The maximum absolute atomic E-state index is 13.2. The molecule has 0 bridgehead atoms. The van der Waals surface area contributed by atoms with Crippen LogP contribution >= 0.6 is 27.5 Å². The first-order valence-electron chi connectivity index (χ1n) is 8.67. The summed E-state index contributed by atoms with van der Waals surface area (Å²) in [6.45, 7) is 1.48. The number of aryl methyl sites for hydroxylation is 1. The highest BCUT2D eigenvalue weighted by atomic mass is 79.9. The first kappa shape index (κ1) is 21.4. The largest absolute Gasteiger partial charge is 0.324 e. The van der Waals surface area contributed by atoms with Crippen LogP contribution in [0.3, 0.4) is 0 Å². The van der Waals surface area contributed by atoms with Crippen LogP contribution in [0.5, 0.6) is 0 Å². The van der Waals surface area contributed by atoms with E-state index in [0.717, 1.165) is 9.87 Å². The molecule has 0 spiro atoms. The lowest BCUT2D eigenvalue weighted by Gasteiger charge is -2.24. The summed E-state index contributed by atoms with van der Waals surface area (Å²) in [5, 5.41) is 3.14. The van der Waals surface area contributed by atoms with Crippen LogP contribution < -0.4 is 9.62 Å². The standard InChI is InChI=1S/C21H18BrClN2O3S/c1-15-6-5-7-17(12-15)25(29(27,28)18-8-3-2-4-9-18)14-21(26)24-16-10-11-19(22)20(23)13-16/h2-13H,14H2,1H3,(H,24,26). The van der Waals surface area contributed by atoms with Gasteiger partial charge in [-0.05, 0) is 70.9 Å². The van der Waals surface area contributed by atoms with Gasteiger partial charge in [-0.3, -0.25) is 9.10 Å². The maximum Gasteiger partial charge on any atom is 0.264 e. The maximum atomic E-state index is 13.2. The molecule has 3 rings (SSSR count). The van der Waals surface area contributed by atoms with Crippen LogP contribution in [-0.2, 0) is 14.8 Å². The van der Waals surface area contributed by atoms with E-state index in [0.29, 0.717) is 20.9 Å². The molecule has 5 nitrogen and oxygen atoms in total. The number of nitrogens with zero attached hydrogens (tertiary/aromatic N) is 1. The van der Waals surface area contributed by atoms with E-state index in [1.165, 1.54) is 12.1 Å². The van der Waals surface area contributed by atoms with Gasteiger partial charge in [-0.2, -0.15) is 0 Å². The number of amides is 1. The van der Waals surface area contributed by atoms with E-state index in [1.807, 2.05) is 13.0 Å². The number of rotatable bonds is 6. The van der Waals surface area contributed by atoms with E-state index in [-0.39, 0.29) is 11.4 Å². The van der Waals surface area contributed by atoms with Gasteiger partial charge < -0.3 is 5.32 Å². The number of sulfonamides is 1. The molecule has 29 heavy (non-hydrogen) atoms. The molecule has 0 unspecified atom stereocenters. The lowest BCUT2D eigenvalue weighted by atomic mass is 10.2. The average molecular weight is 494 g/mol. The number of hydrogen-bond acceptors (Lipinski definition) is 3. The van der Waals surface area contributed by atoms with Crippen LogP contribution in [-0.4, -0.2) is 20.9 Å². The minimum atomic E-state index is -3.93. The normalized spacial score (nSPS) is 11.1. The topological polar surface area (TPSA) is 66.5 Å². The number of anilines is 2. The number of hydrogen-bond donors (Lipinski definition) is 1. The van der Waals surface area contributed by atoms with E-state index >= 15 is 0 Å². The van der Waals surface area contributed by atoms with Gasteiger partial charge in [-0.15, -0.1) is 0 Å². The first-order chi connectivity index (χ1) is 13.8. The summed E-state index contributed by atoms with van der Waals surface area (Å²) in [6.07, 6.45) is 0. The zero-order valence-electron chi connectivity index (χ0n) is 15.5. The monoisotopic (exact) mass is 492 g/mol. The Morgan fingerprint density at radius 2 is 1.76 bits per heavy atom. The zero-order valence-corrected chi connectivity index (χ0v) is 18.6. The molecule has 0 aromatic heterocycles. The summed E-state index contributed by atoms with van der Waals surface area (Å²) in [5.41, 5.74) is 1.78. The number of halogens is 2. The summed E-state index contributed by atoms with van der Waals surface area (Å²) >= 11 is 9.36. The van der Waals surface area contributed by atoms with Crippen molar-refractivity contribution < 1.29 is 13.2 Å². The first-order valence-corrected chi connectivity index (χ1v) is 11.3. The Kier molecular flexibility index (Phi) is 6.62. The van der Waals surface area contributed by atoms with Crippen LogP contribution in [0.2, 0.25) is 5.02 Å². The van der Waals surface area contributed by atoms with Gasteiger partial charge >= 0.3 is 0 Å².